The number of halogens is 2. The molecule has 3 nitrogen and oxygen atoms in total. The first-order valence-electron chi connectivity index (χ1n) is 3.67. The first kappa shape index (κ1) is 9.09. The normalized spacial score (nSPS) is 23.1. The third kappa shape index (κ3) is 1.60. The smallest absolute Gasteiger partial charge is 0.265 e. The highest BCUT2D eigenvalue weighted by Gasteiger charge is 2.43. The van der Waals surface area contributed by atoms with Gasteiger partial charge in [-0.1, -0.05) is 0 Å². The van der Waals surface area contributed by atoms with Crippen molar-refractivity contribution in [2.45, 2.75) is 25.7 Å². The number of imide groups is 1. The van der Waals surface area contributed by atoms with E-state index in [1.54, 1.807) is 6.92 Å². The van der Waals surface area contributed by atoms with Crippen LogP contribution in [0.3, 0.4) is 0 Å². The number of hydrogen-bond acceptors (Lipinski definition) is 2. The summed E-state index contributed by atoms with van der Waals surface area (Å²) in [4.78, 5) is 22.6. The van der Waals surface area contributed by atoms with Gasteiger partial charge in [0.25, 0.3) is 5.92 Å². The average Bonchev–Trinajstić information content (AvgIpc) is 1.82. The topological polar surface area (TPSA) is 37.4 Å². The van der Waals surface area contributed by atoms with Gasteiger partial charge in [-0.15, -0.1) is 0 Å². The Morgan fingerprint density at radius 2 is 1.75 bits per heavy atom. The third-order valence-corrected chi connectivity index (χ3v) is 1.74. The molecule has 0 aliphatic carbocycles. The lowest BCUT2D eigenvalue weighted by molar-refractivity contribution is -0.161. The lowest BCUT2D eigenvalue weighted by Crippen LogP contribution is -2.47. The van der Waals surface area contributed by atoms with E-state index in [-0.39, 0.29) is 6.54 Å². The molecule has 1 saturated heterocycles. The van der Waals surface area contributed by atoms with Crippen molar-refractivity contribution in [3.63, 3.8) is 0 Å². The molecule has 0 aromatic rings. The maximum absolute atomic E-state index is 12.5. The van der Waals surface area contributed by atoms with Gasteiger partial charge < -0.3 is 0 Å². The van der Waals surface area contributed by atoms with Gasteiger partial charge in [-0.3, -0.25) is 14.5 Å². The second kappa shape index (κ2) is 2.80. The Morgan fingerprint density at radius 1 is 1.33 bits per heavy atom. The van der Waals surface area contributed by atoms with Crippen LogP contribution in [0, 0.1) is 0 Å². The van der Waals surface area contributed by atoms with Crippen molar-refractivity contribution in [3.05, 3.63) is 0 Å². The largest absolute Gasteiger partial charge is 0.283 e. The predicted molar refractivity (Wildman–Crippen MR) is 36.6 cm³/mol. The molecule has 0 bridgehead atoms. The Labute approximate surface area is 68.3 Å². The summed E-state index contributed by atoms with van der Waals surface area (Å²) in [6.07, 6.45) is -1.68. The van der Waals surface area contributed by atoms with Crippen molar-refractivity contribution in [3.8, 4) is 0 Å². The number of carbonyl (C=O) groups is 2. The molecule has 5 heteroatoms. The average molecular weight is 177 g/mol. The zero-order valence-corrected chi connectivity index (χ0v) is 6.64. The molecule has 1 heterocycles. The quantitative estimate of drug-likeness (QED) is 0.555. The Balaban J connectivity index is 2.77. The van der Waals surface area contributed by atoms with Crippen molar-refractivity contribution in [2.75, 3.05) is 6.54 Å². The van der Waals surface area contributed by atoms with Crippen LogP contribution in [-0.4, -0.2) is 29.2 Å². The Hall–Kier alpha value is -1.00. The molecule has 1 fully saturated rings. The highest BCUT2D eigenvalue weighted by atomic mass is 19.3. The maximum atomic E-state index is 12.5. The van der Waals surface area contributed by atoms with E-state index in [4.69, 9.17) is 0 Å². The zero-order valence-electron chi connectivity index (χ0n) is 6.64. The molecule has 0 atom stereocenters. The molecular weight excluding hydrogens is 168 g/mol. The number of amides is 2. The van der Waals surface area contributed by atoms with E-state index in [2.05, 4.69) is 0 Å². The van der Waals surface area contributed by atoms with Crippen LogP contribution < -0.4 is 0 Å². The van der Waals surface area contributed by atoms with Gasteiger partial charge in [-0.25, -0.2) is 8.78 Å². The summed E-state index contributed by atoms with van der Waals surface area (Å²) >= 11 is 0. The molecule has 0 radical (unpaired) electrons. The molecule has 1 aliphatic heterocycles. The minimum absolute atomic E-state index is 0.174. The number of carbonyl (C=O) groups excluding carboxylic acids is 2. The van der Waals surface area contributed by atoms with Crippen LogP contribution >= 0.6 is 0 Å². The Kier molecular flexibility index (Phi) is 2.12. The molecule has 1 rings (SSSR count). The van der Waals surface area contributed by atoms with Crippen LogP contribution in [0.25, 0.3) is 0 Å². The standard InChI is InChI=1S/C7H9F2NO2/c1-2-10-5(11)3-7(8,9)4-6(10)12/h2-4H2,1H3. The van der Waals surface area contributed by atoms with Gasteiger partial charge in [0, 0.05) is 6.54 Å². The van der Waals surface area contributed by atoms with E-state index in [0.29, 0.717) is 0 Å². The zero-order chi connectivity index (χ0) is 9.35. The summed E-state index contributed by atoms with van der Waals surface area (Å²) in [6, 6.07) is 0. The van der Waals surface area contributed by atoms with Crippen LogP contribution in [0.1, 0.15) is 19.8 Å². The van der Waals surface area contributed by atoms with Crippen LogP contribution in [0.2, 0.25) is 0 Å². The van der Waals surface area contributed by atoms with E-state index in [1.807, 2.05) is 0 Å². The van der Waals surface area contributed by atoms with E-state index < -0.39 is 30.6 Å². The van der Waals surface area contributed by atoms with Gasteiger partial charge in [-0.2, -0.15) is 0 Å². The minimum atomic E-state index is -3.14. The highest BCUT2D eigenvalue weighted by Crippen LogP contribution is 2.28. The Bertz CT molecular complexity index is 207. The summed E-state index contributed by atoms with van der Waals surface area (Å²) in [7, 11) is 0. The molecule has 1 aliphatic rings. The van der Waals surface area contributed by atoms with Gasteiger partial charge in [-0.05, 0) is 6.92 Å². The van der Waals surface area contributed by atoms with E-state index in [9.17, 15) is 18.4 Å². The number of nitrogens with zero attached hydrogens (tertiary/aromatic N) is 1. The van der Waals surface area contributed by atoms with Gasteiger partial charge >= 0.3 is 0 Å². The lowest BCUT2D eigenvalue weighted by Gasteiger charge is -2.28. The number of rotatable bonds is 1. The summed E-state index contributed by atoms with van der Waals surface area (Å²) in [5, 5.41) is 0. The minimum Gasteiger partial charge on any atom is -0.283 e. The first-order chi connectivity index (χ1) is 5.46. The molecule has 0 unspecified atom stereocenters. The lowest BCUT2D eigenvalue weighted by atomic mass is 10.1. The third-order valence-electron chi connectivity index (χ3n) is 1.74. The van der Waals surface area contributed by atoms with E-state index >= 15 is 0 Å². The highest BCUT2D eigenvalue weighted by molar-refractivity contribution is 5.98. The fraction of sp³-hybridized carbons (Fsp3) is 0.714. The van der Waals surface area contributed by atoms with Crippen LogP contribution in [0.4, 0.5) is 8.78 Å². The van der Waals surface area contributed by atoms with Crippen molar-refractivity contribution >= 4 is 11.8 Å². The van der Waals surface area contributed by atoms with Gasteiger partial charge in [0.15, 0.2) is 0 Å². The summed E-state index contributed by atoms with van der Waals surface area (Å²) in [5.41, 5.74) is 0. The van der Waals surface area contributed by atoms with Gasteiger partial charge in [0.05, 0.1) is 12.8 Å². The number of likely N-dealkylation sites (tertiary alicyclic amines) is 1. The van der Waals surface area contributed by atoms with Crippen LogP contribution in [0.15, 0.2) is 0 Å². The monoisotopic (exact) mass is 177 g/mol. The van der Waals surface area contributed by atoms with Crippen molar-refractivity contribution in [2.24, 2.45) is 0 Å². The second-order valence-electron chi connectivity index (χ2n) is 2.74. The molecule has 12 heavy (non-hydrogen) atoms. The second-order valence-corrected chi connectivity index (χ2v) is 2.74. The van der Waals surface area contributed by atoms with Crippen molar-refractivity contribution in [1.29, 1.82) is 0 Å². The molecule has 0 spiro atoms. The van der Waals surface area contributed by atoms with E-state index in [1.165, 1.54) is 0 Å². The molecule has 0 aromatic heterocycles. The predicted octanol–water partition coefficient (Wildman–Crippen LogP) is 0.791. The first-order valence-corrected chi connectivity index (χ1v) is 3.67. The summed E-state index contributed by atoms with van der Waals surface area (Å²) in [6.45, 7) is 1.76. The van der Waals surface area contributed by atoms with Gasteiger partial charge in [0.2, 0.25) is 11.8 Å². The van der Waals surface area contributed by atoms with Crippen LogP contribution in [0.5, 0.6) is 0 Å². The SMILES string of the molecule is CCN1C(=O)CC(F)(F)CC1=O. The summed E-state index contributed by atoms with van der Waals surface area (Å²) < 4.78 is 25.1. The van der Waals surface area contributed by atoms with E-state index in [0.717, 1.165) is 4.90 Å². The summed E-state index contributed by atoms with van der Waals surface area (Å²) in [5.74, 6) is -4.70. The van der Waals surface area contributed by atoms with Gasteiger partial charge in [0.1, 0.15) is 0 Å². The maximum Gasteiger partial charge on any atom is 0.265 e. The number of piperidine rings is 1. The number of alkyl halides is 2. The Morgan fingerprint density at radius 3 is 2.08 bits per heavy atom. The molecular formula is C7H9F2NO2. The molecule has 2 amide bonds. The fourth-order valence-corrected chi connectivity index (χ4v) is 1.19. The molecule has 0 aromatic carbocycles. The molecule has 0 saturated carbocycles. The number of hydrogen-bond donors (Lipinski definition) is 0. The molecule has 0 N–H and O–H groups in total. The fourth-order valence-electron chi connectivity index (χ4n) is 1.19. The van der Waals surface area contributed by atoms with Crippen LogP contribution in [-0.2, 0) is 9.59 Å². The molecule has 68 valence electrons. The van der Waals surface area contributed by atoms with Crippen molar-refractivity contribution in [1.82, 2.24) is 4.90 Å². The van der Waals surface area contributed by atoms with Crippen molar-refractivity contribution < 1.29 is 18.4 Å².